The topological polar surface area (TPSA) is 49.4 Å². The summed E-state index contributed by atoms with van der Waals surface area (Å²) in [6, 6.07) is 26.0. The Morgan fingerprint density at radius 1 is 0.806 bits per heavy atom. The summed E-state index contributed by atoms with van der Waals surface area (Å²) in [7, 11) is 0. The number of aryl methyl sites for hydroxylation is 2. The minimum atomic E-state index is -0.592. The van der Waals surface area contributed by atoms with E-state index in [0.29, 0.717) is 31.7 Å². The van der Waals surface area contributed by atoms with Crippen molar-refractivity contribution in [3.05, 3.63) is 107 Å². The Labute approximate surface area is 216 Å². The number of hydrogen-bond donors (Lipinski definition) is 1. The number of hydrogen-bond acceptors (Lipinski definition) is 2. The van der Waals surface area contributed by atoms with Crippen molar-refractivity contribution in [1.82, 2.24) is 10.2 Å². The number of rotatable bonds is 11. The highest BCUT2D eigenvalue weighted by atomic mass is 16.2. The van der Waals surface area contributed by atoms with Crippen LogP contribution in [0.1, 0.15) is 67.9 Å². The molecule has 0 aliphatic heterocycles. The standard InChI is InChI=1S/C32H40N2O2/c1-23(2)29-17-14-26(15-18-29)16-19-31(35)34(22-28-13-9-10-25(5)20-28)30(32(36)33-24(3)4)21-27-11-7-6-8-12-27/h6-15,17-18,20,23-24,30H,16,19,21-22H2,1-5H3,(H,33,36)/t30-/m0/s1. The van der Waals surface area contributed by atoms with Crippen molar-refractivity contribution in [1.29, 1.82) is 0 Å². The zero-order valence-electron chi connectivity index (χ0n) is 22.3. The number of benzene rings is 3. The van der Waals surface area contributed by atoms with Gasteiger partial charge in [-0.2, -0.15) is 0 Å². The number of amides is 2. The first-order valence-corrected chi connectivity index (χ1v) is 13.0. The van der Waals surface area contributed by atoms with Crippen LogP contribution in [0.25, 0.3) is 0 Å². The fraction of sp³-hybridized carbons (Fsp3) is 0.375. The maximum absolute atomic E-state index is 13.7. The Bertz CT molecular complexity index is 1120. The van der Waals surface area contributed by atoms with Gasteiger partial charge in [0.2, 0.25) is 11.8 Å². The molecule has 1 N–H and O–H groups in total. The van der Waals surface area contributed by atoms with Crippen LogP contribution in [0.2, 0.25) is 0 Å². The number of nitrogens with zero attached hydrogens (tertiary/aromatic N) is 1. The van der Waals surface area contributed by atoms with E-state index < -0.39 is 6.04 Å². The van der Waals surface area contributed by atoms with Crippen LogP contribution in [-0.4, -0.2) is 28.8 Å². The third-order valence-electron chi connectivity index (χ3n) is 6.41. The minimum absolute atomic E-state index is 0.00818. The summed E-state index contributed by atoms with van der Waals surface area (Å²) in [5.74, 6) is 0.351. The zero-order valence-corrected chi connectivity index (χ0v) is 22.3. The molecule has 4 nitrogen and oxygen atoms in total. The lowest BCUT2D eigenvalue weighted by molar-refractivity contribution is -0.141. The van der Waals surface area contributed by atoms with Crippen LogP contribution < -0.4 is 5.32 Å². The van der Waals surface area contributed by atoms with Crippen LogP contribution >= 0.6 is 0 Å². The molecular weight excluding hydrogens is 444 g/mol. The third-order valence-corrected chi connectivity index (χ3v) is 6.41. The second-order valence-corrected chi connectivity index (χ2v) is 10.3. The van der Waals surface area contributed by atoms with E-state index in [9.17, 15) is 9.59 Å². The van der Waals surface area contributed by atoms with E-state index in [1.54, 1.807) is 4.90 Å². The lowest BCUT2D eigenvalue weighted by Gasteiger charge is -2.32. The van der Waals surface area contributed by atoms with E-state index in [2.05, 4.69) is 49.5 Å². The van der Waals surface area contributed by atoms with Gasteiger partial charge in [0.25, 0.3) is 0 Å². The smallest absolute Gasteiger partial charge is 0.243 e. The SMILES string of the molecule is Cc1cccc(CN(C(=O)CCc2ccc(C(C)C)cc2)[C@@H](Cc2ccccc2)C(=O)NC(C)C)c1. The molecule has 0 spiro atoms. The first-order valence-electron chi connectivity index (χ1n) is 13.0. The van der Waals surface area contributed by atoms with E-state index >= 15 is 0 Å². The molecule has 0 saturated carbocycles. The van der Waals surface area contributed by atoms with Crippen LogP contribution in [0.4, 0.5) is 0 Å². The summed E-state index contributed by atoms with van der Waals surface area (Å²) < 4.78 is 0. The normalized spacial score (nSPS) is 12.0. The number of carbonyl (C=O) groups excluding carboxylic acids is 2. The van der Waals surface area contributed by atoms with Crippen molar-refractivity contribution in [3.63, 3.8) is 0 Å². The predicted molar refractivity (Wildman–Crippen MR) is 148 cm³/mol. The fourth-order valence-corrected chi connectivity index (χ4v) is 4.41. The molecule has 0 aromatic heterocycles. The molecule has 0 fully saturated rings. The average Bonchev–Trinajstić information content (AvgIpc) is 2.85. The largest absolute Gasteiger partial charge is 0.352 e. The maximum Gasteiger partial charge on any atom is 0.243 e. The Morgan fingerprint density at radius 3 is 2.08 bits per heavy atom. The molecule has 0 heterocycles. The van der Waals surface area contributed by atoms with E-state index in [0.717, 1.165) is 22.3 Å². The molecule has 3 aromatic carbocycles. The highest BCUT2D eigenvalue weighted by molar-refractivity contribution is 5.88. The van der Waals surface area contributed by atoms with E-state index in [1.165, 1.54) is 5.56 Å². The molecule has 36 heavy (non-hydrogen) atoms. The highest BCUT2D eigenvalue weighted by Gasteiger charge is 2.30. The predicted octanol–water partition coefficient (Wildman–Crippen LogP) is 6.22. The van der Waals surface area contributed by atoms with Crippen LogP contribution in [-0.2, 0) is 29.0 Å². The lowest BCUT2D eigenvalue weighted by Crippen LogP contribution is -2.51. The van der Waals surface area contributed by atoms with Crippen molar-refractivity contribution in [2.45, 2.75) is 78.4 Å². The Morgan fingerprint density at radius 2 is 1.47 bits per heavy atom. The maximum atomic E-state index is 13.7. The van der Waals surface area contributed by atoms with Crippen molar-refractivity contribution in [2.75, 3.05) is 0 Å². The van der Waals surface area contributed by atoms with Gasteiger partial charge in [-0.15, -0.1) is 0 Å². The molecule has 3 aromatic rings. The number of nitrogens with one attached hydrogen (secondary N) is 1. The summed E-state index contributed by atoms with van der Waals surface area (Å²) in [5, 5.41) is 3.05. The van der Waals surface area contributed by atoms with Crippen molar-refractivity contribution < 1.29 is 9.59 Å². The van der Waals surface area contributed by atoms with Gasteiger partial charge in [0.05, 0.1) is 0 Å². The van der Waals surface area contributed by atoms with Gasteiger partial charge in [0.1, 0.15) is 6.04 Å². The van der Waals surface area contributed by atoms with Crippen LogP contribution in [0.3, 0.4) is 0 Å². The van der Waals surface area contributed by atoms with Gasteiger partial charge in [-0.1, -0.05) is 98.3 Å². The average molecular weight is 485 g/mol. The molecule has 4 heteroatoms. The van der Waals surface area contributed by atoms with Crippen molar-refractivity contribution in [2.24, 2.45) is 0 Å². The molecule has 0 unspecified atom stereocenters. The lowest BCUT2D eigenvalue weighted by atomic mass is 9.99. The molecule has 3 rings (SSSR count). The molecule has 0 bridgehead atoms. The molecule has 0 aliphatic rings. The second kappa shape index (κ2) is 13.1. The van der Waals surface area contributed by atoms with Crippen LogP contribution in [0, 0.1) is 6.92 Å². The first kappa shape index (κ1) is 27.2. The molecule has 0 saturated heterocycles. The zero-order chi connectivity index (χ0) is 26.1. The second-order valence-electron chi connectivity index (χ2n) is 10.3. The van der Waals surface area contributed by atoms with Crippen molar-refractivity contribution in [3.8, 4) is 0 Å². The van der Waals surface area contributed by atoms with Gasteiger partial charge in [-0.25, -0.2) is 0 Å². The number of carbonyl (C=O) groups is 2. The quantitative estimate of drug-likeness (QED) is 0.351. The molecule has 0 radical (unpaired) electrons. The van der Waals surface area contributed by atoms with Crippen LogP contribution in [0.5, 0.6) is 0 Å². The summed E-state index contributed by atoms with van der Waals surface area (Å²) in [4.78, 5) is 29.0. The first-order chi connectivity index (χ1) is 17.2. The fourth-order valence-electron chi connectivity index (χ4n) is 4.41. The van der Waals surface area contributed by atoms with E-state index in [-0.39, 0.29) is 17.9 Å². The monoisotopic (exact) mass is 484 g/mol. The summed E-state index contributed by atoms with van der Waals surface area (Å²) in [5.41, 5.74) is 5.62. The molecule has 2 amide bonds. The van der Waals surface area contributed by atoms with Crippen molar-refractivity contribution >= 4 is 11.8 Å². The molecule has 1 atom stereocenters. The molecule has 0 aliphatic carbocycles. The van der Waals surface area contributed by atoms with Crippen LogP contribution in [0.15, 0.2) is 78.9 Å². The van der Waals surface area contributed by atoms with Gasteiger partial charge in [0, 0.05) is 25.4 Å². The third kappa shape index (κ3) is 8.08. The van der Waals surface area contributed by atoms with Gasteiger partial charge >= 0.3 is 0 Å². The summed E-state index contributed by atoms with van der Waals surface area (Å²) in [6.07, 6.45) is 1.47. The van der Waals surface area contributed by atoms with E-state index in [4.69, 9.17) is 0 Å². The van der Waals surface area contributed by atoms with Gasteiger partial charge in [-0.05, 0) is 55.4 Å². The summed E-state index contributed by atoms with van der Waals surface area (Å²) >= 11 is 0. The van der Waals surface area contributed by atoms with Gasteiger partial charge in [-0.3, -0.25) is 9.59 Å². The minimum Gasteiger partial charge on any atom is -0.352 e. The molecular formula is C32H40N2O2. The summed E-state index contributed by atoms with van der Waals surface area (Å²) in [6.45, 7) is 10.7. The van der Waals surface area contributed by atoms with Gasteiger partial charge < -0.3 is 10.2 Å². The highest BCUT2D eigenvalue weighted by Crippen LogP contribution is 2.19. The Kier molecular flexibility index (Phi) is 9.86. The Hall–Kier alpha value is -3.40. The van der Waals surface area contributed by atoms with E-state index in [1.807, 2.05) is 69.3 Å². The van der Waals surface area contributed by atoms with Gasteiger partial charge in [0.15, 0.2) is 0 Å². The Balaban J connectivity index is 1.88. The molecule has 190 valence electrons.